The maximum atomic E-state index is 12.9. The van der Waals surface area contributed by atoms with Crippen molar-refractivity contribution in [2.24, 2.45) is 0 Å². The Hall–Kier alpha value is -2.38. The van der Waals surface area contributed by atoms with E-state index in [1.54, 1.807) is 30.3 Å². The van der Waals surface area contributed by atoms with Crippen molar-refractivity contribution in [3.8, 4) is 0 Å². The Morgan fingerprint density at radius 1 is 1.19 bits per heavy atom. The molecule has 2 aromatic carbocycles. The minimum Gasteiger partial charge on any atom is -0.478 e. The molecule has 1 N–H and O–H groups in total. The van der Waals surface area contributed by atoms with Crippen molar-refractivity contribution < 1.29 is 27.8 Å². The molecule has 0 amide bonds. The number of morpholine rings is 1. The van der Waals surface area contributed by atoms with Crippen molar-refractivity contribution in [1.82, 2.24) is 4.90 Å². The lowest BCUT2D eigenvalue weighted by Gasteiger charge is -2.33. The predicted octanol–water partition coefficient (Wildman–Crippen LogP) is 3.85. The molecule has 0 spiro atoms. The highest BCUT2D eigenvalue weighted by Crippen LogP contribution is 2.30. The van der Waals surface area contributed by atoms with Crippen molar-refractivity contribution >= 4 is 5.97 Å². The van der Waals surface area contributed by atoms with Gasteiger partial charge in [0.25, 0.3) is 0 Å². The van der Waals surface area contributed by atoms with E-state index >= 15 is 0 Å². The van der Waals surface area contributed by atoms with Crippen LogP contribution in [-0.4, -0.2) is 41.8 Å². The Kier molecular flexibility index (Phi) is 5.82. The first-order valence-corrected chi connectivity index (χ1v) is 8.64. The van der Waals surface area contributed by atoms with Gasteiger partial charge in [0.15, 0.2) is 0 Å². The van der Waals surface area contributed by atoms with Crippen molar-refractivity contribution in [1.29, 1.82) is 0 Å². The number of ether oxygens (including phenoxy) is 1. The maximum Gasteiger partial charge on any atom is 0.416 e. The molecule has 4 nitrogen and oxygen atoms in total. The van der Waals surface area contributed by atoms with Gasteiger partial charge in [0.1, 0.15) is 0 Å². The molecule has 1 heterocycles. The minimum absolute atomic E-state index is 0.237. The number of halogens is 3. The minimum atomic E-state index is -4.37. The highest BCUT2D eigenvalue weighted by atomic mass is 19.4. The molecule has 0 aromatic heterocycles. The molecule has 1 saturated heterocycles. The second-order valence-electron chi connectivity index (χ2n) is 6.59. The molecule has 0 aliphatic carbocycles. The number of hydrogen-bond acceptors (Lipinski definition) is 3. The van der Waals surface area contributed by atoms with E-state index in [0.717, 1.165) is 12.1 Å². The highest BCUT2D eigenvalue weighted by Gasteiger charge is 2.31. The van der Waals surface area contributed by atoms with Gasteiger partial charge in [-0.2, -0.15) is 13.2 Å². The number of aromatic carboxylic acids is 1. The fraction of sp³-hybridized carbons (Fsp3) is 0.350. The van der Waals surface area contributed by atoms with Crippen LogP contribution in [0.5, 0.6) is 0 Å². The second-order valence-corrected chi connectivity index (χ2v) is 6.59. The molecule has 0 bridgehead atoms. The summed E-state index contributed by atoms with van der Waals surface area (Å²) in [5.74, 6) is -0.973. The largest absolute Gasteiger partial charge is 0.478 e. The summed E-state index contributed by atoms with van der Waals surface area (Å²) in [6, 6.07) is 12.1. The number of carboxylic acid groups (broad SMARTS) is 1. The zero-order valence-corrected chi connectivity index (χ0v) is 14.6. The number of hydrogen-bond donors (Lipinski definition) is 1. The third kappa shape index (κ3) is 5.08. The molecule has 27 heavy (non-hydrogen) atoms. The molecule has 144 valence electrons. The third-order valence-electron chi connectivity index (χ3n) is 4.58. The van der Waals surface area contributed by atoms with Gasteiger partial charge in [0.2, 0.25) is 0 Å². The van der Waals surface area contributed by atoms with Crippen LogP contribution in [-0.2, 0) is 23.9 Å². The van der Waals surface area contributed by atoms with E-state index in [1.807, 2.05) is 0 Å². The molecule has 1 atom stereocenters. The molecule has 2 aromatic rings. The lowest BCUT2D eigenvalue weighted by Crippen LogP contribution is -2.43. The fourth-order valence-corrected chi connectivity index (χ4v) is 3.29. The van der Waals surface area contributed by atoms with Crippen LogP contribution in [0.15, 0.2) is 48.5 Å². The average molecular weight is 379 g/mol. The Bertz CT molecular complexity index is 807. The van der Waals surface area contributed by atoms with Crippen LogP contribution in [0, 0.1) is 0 Å². The van der Waals surface area contributed by atoms with E-state index in [2.05, 4.69) is 4.90 Å². The Morgan fingerprint density at radius 3 is 2.70 bits per heavy atom. The summed E-state index contributed by atoms with van der Waals surface area (Å²) in [6.07, 6.45) is -4.23. The van der Waals surface area contributed by atoms with Crippen LogP contribution in [0.3, 0.4) is 0 Å². The van der Waals surface area contributed by atoms with E-state index < -0.39 is 17.7 Å². The molecule has 0 radical (unpaired) electrons. The lowest BCUT2D eigenvalue weighted by atomic mass is 10.0. The van der Waals surface area contributed by atoms with Crippen molar-refractivity contribution in [2.45, 2.75) is 25.2 Å². The van der Waals surface area contributed by atoms with Gasteiger partial charge in [-0.25, -0.2) is 4.79 Å². The van der Waals surface area contributed by atoms with Gasteiger partial charge in [-0.15, -0.1) is 0 Å². The Labute approximate surface area is 155 Å². The first-order chi connectivity index (χ1) is 12.8. The number of carbonyl (C=O) groups is 1. The summed E-state index contributed by atoms with van der Waals surface area (Å²) in [6.45, 7) is 2.10. The van der Waals surface area contributed by atoms with E-state index in [-0.39, 0.29) is 11.7 Å². The molecule has 0 saturated carbocycles. The number of alkyl halides is 3. The van der Waals surface area contributed by atoms with Crippen molar-refractivity contribution in [3.05, 3.63) is 70.8 Å². The van der Waals surface area contributed by atoms with Gasteiger partial charge in [-0.3, -0.25) is 4.90 Å². The molecule has 3 rings (SSSR count). The zero-order valence-electron chi connectivity index (χ0n) is 14.6. The summed E-state index contributed by atoms with van der Waals surface area (Å²) >= 11 is 0. The maximum absolute atomic E-state index is 12.9. The predicted molar refractivity (Wildman–Crippen MR) is 93.6 cm³/mol. The van der Waals surface area contributed by atoms with Gasteiger partial charge in [-0.05, 0) is 29.7 Å². The monoisotopic (exact) mass is 379 g/mol. The first kappa shape index (κ1) is 19.4. The van der Waals surface area contributed by atoms with Gasteiger partial charge in [0.05, 0.1) is 23.8 Å². The summed E-state index contributed by atoms with van der Waals surface area (Å²) in [7, 11) is 0. The smallest absolute Gasteiger partial charge is 0.416 e. The number of nitrogens with zero attached hydrogens (tertiary/aromatic N) is 1. The van der Waals surface area contributed by atoms with Crippen molar-refractivity contribution in [2.75, 3.05) is 19.7 Å². The van der Waals surface area contributed by atoms with E-state index in [1.165, 1.54) is 6.07 Å². The summed E-state index contributed by atoms with van der Waals surface area (Å²) in [5.41, 5.74) is 0.883. The standard InChI is InChI=1S/C20H20F3NO3/c21-20(22,23)16-6-3-4-14(10-16)11-17-13-24(8-9-27-17)12-15-5-1-2-7-18(15)19(25)26/h1-7,10,17H,8-9,11-13H2,(H,25,26). The third-order valence-corrected chi connectivity index (χ3v) is 4.58. The van der Waals surface area contributed by atoms with Gasteiger partial charge in [0, 0.05) is 19.6 Å². The van der Waals surface area contributed by atoms with Crippen LogP contribution in [0.1, 0.15) is 27.0 Å². The number of carboxylic acids is 1. The Balaban J connectivity index is 1.66. The van der Waals surface area contributed by atoms with Gasteiger partial charge < -0.3 is 9.84 Å². The second kappa shape index (κ2) is 8.10. The fourth-order valence-electron chi connectivity index (χ4n) is 3.29. The molecular formula is C20H20F3NO3. The van der Waals surface area contributed by atoms with Crippen LogP contribution in [0.4, 0.5) is 13.2 Å². The summed E-state index contributed by atoms with van der Waals surface area (Å²) < 4.78 is 44.3. The summed E-state index contributed by atoms with van der Waals surface area (Å²) in [4.78, 5) is 13.4. The SMILES string of the molecule is O=C(O)c1ccccc1CN1CCOC(Cc2cccc(C(F)(F)F)c2)C1. The topological polar surface area (TPSA) is 49.8 Å². The van der Waals surface area contributed by atoms with Crippen LogP contribution in [0.2, 0.25) is 0 Å². The Morgan fingerprint density at radius 2 is 1.96 bits per heavy atom. The normalized spacial score (nSPS) is 18.4. The average Bonchev–Trinajstić information content (AvgIpc) is 2.62. The lowest BCUT2D eigenvalue weighted by molar-refractivity contribution is -0.137. The highest BCUT2D eigenvalue weighted by molar-refractivity contribution is 5.89. The molecule has 7 heteroatoms. The van der Waals surface area contributed by atoms with Crippen molar-refractivity contribution in [3.63, 3.8) is 0 Å². The van der Waals surface area contributed by atoms with Crippen LogP contribution < -0.4 is 0 Å². The molecule has 1 aliphatic rings. The van der Waals surface area contributed by atoms with Gasteiger partial charge in [-0.1, -0.05) is 36.4 Å². The molecule has 1 fully saturated rings. The summed E-state index contributed by atoms with van der Waals surface area (Å²) in [5, 5.41) is 9.30. The van der Waals surface area contributed by atoms with Crippen LogP contribution >= 0.6 is 0 Å². The molecular weight excluding hydrogens is 359 g/mol. The van der Waals surface area contributed by atoms with E-state index in [4.69, 9.17) is 4.74 Å². The van der Waals surface area contributed by atoms with E-state index in [9.17, 15) is 23.1 Å². The molecule has 1 unspecified atom stereocenters. The number of rotatable bonds is 5. The quantitative estimate of drug-likeness (QED) is 0.858. The first-order valence-electron chi connectivity index (χ1n) is 8.64. The van der Waals surface area contributed by atoms with Crippen LogP contribution in [0.25, 0.3) is 0 Å². The van der Waals surface area contributed by atoms with Gasteiger partial charge >= 0.3 is 12.1 Å². The molecule has 1 aliphatic heterocycles. The van der Waals surface area contributed by atoms with E-state index in [0.29, 0.717) is 43.8 Å². The number of benzene rings is 2. The zero-order chi connectivity index (χ0) is 19.4.